The molecule has 1 aromatic rings. The first kappa shape index (κ1) is 7.43. The Morgan fingerprint density at radius 2 is 2.25 bits per heavy atom. The van der Waals surface area contributed by atoms with E-state index in [1.807, 2.05) is 0 Å². The number of rotatable bonds is 0. The van der Waals surface area contributed by atoms with E-state index < -0.39 is 6.29 Å². The summed E-state index contributed by atoms with van der Waals surface area (Å²) in [5, 5.41) is 18.3. The molecule has 1 aliphatic rings. The minimum Gasteiger partial charge on any atom is -0.508 e. The number of aliphatic hydroxyl groups excluding tert-OH is 1. The van der Waals surface area contributed by atoms with Gasteiger partial charge in [0.2, 0.25) is 0 Å². The monoisotopic (exact) mass is 166 g/mol. The third kappa shape index (κ3) is 1.23. The number of hydrogen-bond acceptors (Lipinski definition) is 3. The zero-order valence-electron chi connectivity index (χ0n) is 6.53. The van der Waals surface area contributed by atoms with E-state index in [1.165, 1.54) is 0 Å². The van der Waals surface area contributed by atoms with E-state index in [1.54, 1.807) is 18.2 Å². The van der Waals surface area contributed by atoms with Crippen molar-refractivity contribution < 1.29 is 14.9 Å². The number of benzene rings is 1. The molecule has 0 saturated heterocycles. The number of phenols is 1. The number of ether oxygens (including phenoxy) is 1. The molecule has 3 heteroatoms. The highest BCUT2D eigenvalue weighted by molar-refractivity contribution is 5.40. The molecule has 0 spiro atoms. The van der Waals surface area contributed by atoms with E-state index in [0.29, 0.717) is 12.2 Å². The van der Waals surface area contributed by atoms with Gasteiger partial charge in [0, 0.05) is 6.42 Å². The van der Waals surface area contributed by atoms with Crippen LogP contribution in [0.5, 0.6) is 11.5 Å². The molecule has 1 aliphatic heterocycles. The fourth-order valence-corrected chi connectivity index (χ4v) is 1.36. The molecule has 1 heterocycles. The summed E-state index contributed by atoms with van der Waals surface area (Å²) in [5.74, 6) is 0.917. The van der Waals surface area contributed by atoms with Crippen LogP contribution in [0.15, 0.2) is 18.2 Å². The lowest BCUT2D eigenvalue weighted by Gasteiger charge is -2.21. The molecule has 1 atom stereocenters. The summed E-state index contributed by atoms with van der Waals surface area (Å²) in [5.41, 5.74) is 0.959. The fourth-order valence-electron chi connectivity index (χ4n) is 1.36. The normalized spacial score (nSPS) is 21.2. The molecule has 0 bridgehead atoms. The Morgan fingerprint density at radius 3 is 3.08 bits per heavy atom. The van der Waals surface area contributed by atoms with Gasteiger partial charge in [-0.3, -0.25) is 0 Å². The largest absolute Gasteiger partial charge is 0.508 e. The summed E-state index contributed by atoms with van der Waals surface area (Å²) in [6, 6.07) is 4.89. The molecule has 1 unspecified atom stereocenters. The summed E-state index contributed by atoms with van der Waals surface area (Å²) >= 11 is 0. The second-order valence-electron chi connectivity index (χ2n) is 2.90. The van der Waals surface area contributed by atoms with Crippen LogP contribution in [-0.2, 0) is 6.42 Å². The molecule has 64 valence electrons. The van der Waals surface area contributed by atoms with Crippen molar-refractivity contribution in [2.75, 3.05) is 0 Å². The fraction of sp³-hybridized carbons (Fsp3) is 0.333. The Labute approximate surface area is 70.2 Å². The lowest BCUT2D eigenvalue weighted by atomic mass is 10.1. The molecule has 0 aromatic heterocycles. The maximum atomic E-state index is 9.14. The molecule has 3 nitrogen and oxygen atoms in total. The van der Waals surface area contributed by atoms with Gasteiger partial charge in [-0.05, 0) is 30.2 Å². The molecule has 0 saturated carbocycles. The Kier molecular flexibility index (Phi) is 1.66. The second kappa shape index (κ2) is 2.68. The molecule has 0 radical (unpaired) electrons. The summed E-state index contributed by atoms with van der Waals surface area (Å²) < 4.78 is 5.13. The predicted molar refractivity (Wildman–Crippen MR) is 43.1 cm³/mol. The van der Waals surface area contributed by atoms with Crippen molar-refractivity contribution in [1.29, 1.82) is 0 Å². The van der Waals surface area contributed by atoms with Crippen LogP contribution in [0.2, 0.25) is 0 Å². The van der Waals surface area contributed by atoms with Gasteiger partial charge in [-0.15, -0.1) is 0 Å². The SMILES string of the molecule is Oc1ccc2c(c1)CCC(O)O2. The molecule has 12 heavy (non-hydrogen) atoms. The lowest BCUT2D eigenvalue weighted by Crippen LogP contribution is -2.21. The number of hydrogen-bond donors (Lipinski definition) is 2. The van der Waals surface area contributed by atoms with E-state index in [-0.39, 0.29) is 5.75 Å². The number of aromatic hydroxyl groups is 1. The number of phenolic OH excluding ortho intramolecular Hbond substituents is 1. The molecule has 2 N–H and O–H groups in total. The van der Waals surface area contributed by atoms with Gasteiger partial charge in [-0.25, -0.2) is 0 Å². The molecular formula is C9H10O3. The average molecular weight is 166 g/mol. The van der Waals surface area contributed by atoms with Gasteiger partial charge in [0.05, 0.1) is 0 Å². The van der Waals surface area contributed by atoms with Crippen LogP contribution in [0.25, 0.3) is 0 Å². The molecular weight excluding hydrogens is 156 g/mol. The standard InChI is InChI=1S/C9H10O3/c10-7-2-3-8-6(5-7)1-4-9(11)12-8/h2-3,5,9-11H,1,4H2. The van der Waals surface area contributed by atoms with Crippen LogP contribution in [0.3, 0.4) is 0 Å². The quantitative estimate of drug-likeness (QED) is 0.605. The third-order valence-corrected chi connectivity index (χ3v) is 1.97. The summed E-state index contributed by atoms with van der Waals surface area (Å²) in [4.78, 5) is 0. The minimum absolute atomic E-state index is 0.244. The number of fused-ring (bicyclic) bond motifs is 1. The van der Waals surface area contributed by atoms with Crippen molar-refractivity contribution >= 4 is 0 Å². The zero-order chi connectivity index (χ0) is 8.55. The molecule has 1 aromatic carbocycles. The van der Waals surface area contributed by atoms with Crippen molar-refractivity contribution in [3.63, 3.8) is 0 Å². The highest BCUT2D eigenvalue weighted by atomic mass is 16.6. The smallest absolute Gasteiger partial charge is 0.197 e. The molecule has 0 aliphatic carbocycles. The second-order valence-corrected chi connectivity index (χ2v) is 2.90. The Morgan fingerprint density at radius 1 is 1.42 bits per heavy atom. The van der Waals surface area contributed by atoms with Crippen molar-refractivity contribution in [2.45, 2.75) is 19.1 Å². The van der Waals surface area contributed by atoms with Crippen LogP contribution >= 0.6 is 0 Å². The van der Waals surface area contributed by atoms with Gasteiger partial charge >= 0.3 is 0 Å². The summed E-state index contributed by atoms with van der Waals surface area (Å²) in [6.07, 6.45) is 0.656. The van der Waals surface area contributed by atoms with Crippen LogP contribution in [0, 0.1) is 0 Å². The molecule has 0 fully saturated rings. The Hall–Kier alpha value is -1.22. The maximum absolute atomic E-state index is 9.14. The highest BCUT2D eigenvalue weighted by Crippen LogP contribution is 2.29. The summed E-state index contributed by atoms with van der Waals surface area (Å²) in [7, 11) is 0. The Balaban J connectivity index is 2.37. The lowest BCUT2D eigenvalue weighted by molar-refractivity contribution is -0.0316. The van der Waals surface area contributed by atoms with Crippen LogP contribution in [0.4, 0.5) is 0 Å². The van der Waals surface area contributed by atoms with Gasteiger partial charge in [-0.1, -0.05) is 0 Å². The minimum atomic E-state index is -0.693. The van der Waals surface area contributed by atoms with E-state index in [9.17, 15) is 0 Å². The first-order chi connectivity index (χ1) is 5.75. The predicted octanol–water partition coefficient (Wildman–Crippen LogP) is 1.04. The first-order valence-corrected chi connectivity index (χ1v) is 3.92. The topological polar surface area (TPSA) is 49.7 Å². The zero-order valence-corrected chi connectivity index (χ0v) is 6.53. The number of aliphatic hydroxyl groups is 1. The van der Waals surface area contributed by atoms with E-state index in [2.05, 4.69) is 0 Å². The van der Waals surface area contributed by atoms with Gasteiger partial charge in [0.25, 0.3) is 0 Å². The third-order valence-electron chi connectivity index (χ3n) is 1.97. The summed E-state index contributed by atoms with van der Waals surface area (Å²) in [6.45, 7) is 0. The van der Waals surface area contributed by atoms with E-state index in [4.69, 9.17) is 14.9 Å². The van der Waals surface area contributed by atoms with Gasteiger partial charge in [0.1, 0.15) is 11.5 Å². The maximum Gasteiger partial charge on any atom is 0.197 e. The van der Waals surface area contributed by atoms with Gasteiger partial charge in [0.15, 0.2) is 6.29 Å². The van der Waals surface area contributed by atoms with Gasteiger partial charge in [-0.2, -0.15) is 0 Å². The van der Waals surface area contributed by atoms with Gasteiger partial charge < -0.3 is 14.9 Å². The highest BCUT2D eigenvalue weighted by Gasteiger charge is 2.16. The van der Waals surface area contributed by atoms with Crippen molar-refractivity contribution in [3.8, 4) is 11.5 Å². The van der Waals surface area contributed by atoms with Crippen molar-refractivity contribution in [3.05, 3.63) is 23.8 Å². The van der Waals surface area contributed by atoms with Crippen LogP contribution < -0.4 is 4.74 Å². The van der Waals surface area contributed by atoms with Crippen LogP contribution in [0.1, 0.15) is 12.0 Å². The first-order valence-electron chi connectivity index (χ1n) is 3.92. The average Bonchev–Trinajstić information content (AvgIpc) is 2.05. The molecule has 2 rings (SSSR count). The van der Waals surface area contributed by atoms with Crippen molar-refractivity contribution in [1.82, 2.24) is 0 Å². The Bertz CT molecular complexity index is 296. The van der Waals surface area contributed by atoms with E-state index in [0.717, 1.165) is 12.0 Å². The van der Waals surface area contributed by atoms with E-state index >= 15 is 0 Å². The van der Waals surface area contributed by atoms with Crippen molar-refractivity contribution in [2.24, 2.45) is 0 Å². The van der Waals surface area contributed by atoms with Crippen LogP contribution in [-0.4, -0.2) is 16.5 Å². The number of aryl methyl sites for hydroxylation is 1. The molecule has 0 amide bonds.